The van der Waals surface area contributed by atoms with Crippen LogP contribution in [0.15, 0.2) is 28.7 Å². The molecule has 0 unspecified atom stereocenters. The van der Waals surface area contributed by atoms with E-state index >= 15 is 0 Å². The van der Waals surface area contributed by atoms with Crippen LogP contribution < -0.4 is 9.47 Å². The van der Waals surface area contributed by atoms with Gasteiger partial charge in [0.1, 0.15) is 17.0 Å². The Morgan fingerprint density at radius 1 is 0.913 bits per heavy atom. The minimum absolute atomic E-state index is 0.571. The lowest BCUT2D eigenvalue weighted by Gasteiger charge is -2.19. The van der Waals surface area contributed by atoms with Gasteiger partial charge in [-0.2, -0.15) is 0 Å². The summed E-state index contributed by atoms with van der Waals surface area (Å²) < 4.78 is 17.1. The Balaban J connectivity index is 2.13. The van der Waals surface area contributed by atoms with Crippen molar-refractivity contribution in [3.05, 3.63) is 52.4 Å². The van der Waals surface area contributed by atoms with Crippen molar-refractivity contribution in [2.45, 2.75) is 27.2 Å². The van der Waals surface area contributed by atoms with Crippen molar-refractivity contribution in [2.75, 3.05) is 14.2 Å². The second kappa shape index (κ2) is 5.95. The Labute approximate surface area is 136 Å². The molecule has 120 valence electrons. The monoisotopic (exact) mass is 311 g/mol. The quantitative estimate of drug-likeness (QED) is 0.718. The molecular weight excluding hydrogens is 290 g/mol. The largest absolute Gasteiger partial charge is 0.496 e. The number of benzene rings is 2. The Morgan fingerprint density at radius 3 is 2.22 bits per heavy atom. The summed E-state index contributed by atoms with van der Waals surface area (Å²) in [7, 11) is 3.40. The number of para-hydroxylation sites is 2. The number of ether oxygens (including phenoxy) is 2. The molecule has 0 atom stereocenters. The Bertz CT molecular complexity index is 832. The molecule has 0 saturated carbocycles. The molecule has 23 heavy (non-hydrogen) atoms. The third-order valence-electron chi connectivity index (χ3n) is 4.39. The molecule has 0 fully saturated rings. The molecule has 0 N–H and O–H groups in total. The molecule has 0 aliphatic heterocycles. The molecular formula is C19H21NO3. The first-order valence-corrected chi connectivity index (χ1v) is 7.61. The summed E-state index contributed by atoms with van der Waals surface area (Å²) in [4.78, 5) is 4.57. The van der Waals surface area contributed by atoms with Gasteiger partial charge in [-0.25, -0.2) is 4.98 Å². The lowest BCUT2D eigenvalue weighted by atomic mass is 9.95. The third-order valence-corrected chi connectivity index (χ3v) is 4.39. The van der Waals surface area contributed by atoms with Gasteiger partial charge in [0.05, 0.1) is 20.6 Å². The highest BCUT2D eigenvalue weighted by Gasteiger charge is 2.20. The summed E-state index contributed by atoms with van der Waals surface area (Å²) in [5.74, 6) is 2.45. The van der Waals surface area contributed by atoms with Crippen molar-refractivity contribution in [1.82, 2.24) is 4.98 Å². The Hall–Kier alpha value is -2.49. The highest BCUT2D eigenvalue weighted by atomic mass is 16.5. The van der Waals surface area contributed by atoms with Crippen molar-refractivity contribution < 1.29 is 13.9 Å². The van der Waals surface area contributed by atoms with Gasteiger partial charge < -0.3 is 13.9 Å². The maximum absolute atomic E-state index is 5.86. The first-order chi connectivity index (χ1) is 11.1. The van der Waals surface area contributed by atoms with E-state index in [-0.39, 0.29) is 0 Å². The van der Waals surface area contributed by atoms with Crippen LogP contribution in [0.3, 0.4) is 0 Å². The zero-order valence-electron chi connectivity index (χ0n) is 14.2. The fraction of sp³-hybridized carbons (Fsp3) is 0.316. The van der Waals surface area contributed by atoms with E-state index in [0.717, 1.165) is 44.9 Å². The predicted octanol–water partition coefficient (Wildman–Crippen LogP) is 4.36. The summed E-state index contributed by atoms with van der Waals surface area (Å²) in [5.41, 5.74) is 5.97. The van der Waals surface area contributed by atoms with Crippen LogP contribution in [0.25, 0.3) is 11.1 Å². The van der Waals surface area contributed by atoms with Crippen LogP contribution in [0.5, 0.6) is 11.5 Å². The van der Waals surface area contributed by atoms with Crippen LogP contribution in [0.1, 0.15) is 28.1 Å². The zero-order chi connectivity index (χ0) is 16.6. The van der Waals surface area contributed by atoms with E-state index in [1.165, 1.54) is 0 Å². The van der Waals surface area contributed by atoms with Gasteiger partial charge in [0.15, 0.2) is 11.5 Å². The first kappa shape index (κ1) is 15.4. The number of nitrogens with zero attached hydrogens (tertiary/aromatic N) is 1. The normalized spacial score (nSPS) is 11.0. The fourth-order valence-electron chi connectivity index (χ4n) is 3.10. The molecule has 3 aromatic rings. The second-order valence-electron chi connectivity index (χ2n) is 5.67. The predicted molar refractivity (Wildman–Crippen MR) is 90.6 cm³/mol. The van der Waals surface area contributed by atoms with Crippen molar-refractivity contribution in [2.24, 2.45) is 0 Å². The minimum Gasteiger partial charge on any atom is -0.496 e. The molecule has 0 amide bonds. The van der Waals surface area contributed by atoms with Gasteiger partial charge in [0.2, 0.25) is 0 Å². The first-order valence-electron chi connectivity index (χ1n) is 7.61. The minimum atomic E-state index is 0.571. The molecule has 0 bridgehead atoms. The van der Waals surface area contributed by atoms with Gasteiger partial charge in [-0.05, 0) is 49.6 Å². The van der Waals surface area contributed by atoms with Crippen LogP contribution in [0, 0.1) is 20.8 Å². The summed E-state index contributed by atoms with van der Waals surface area (Å²) in [6.45, 7) is 6.14. The molecule has 0 aliphatic carbocycles. The Kier molecular flexibility index (Phi) is 3.99. The van der Waals surface area contributed by atoms with Crippen LogP contribution in [0.4, 0.5) is 0 Å². The van der Waals surface area contributed by atoms with Gasteiger partial charge >= 0.3 is 0 Å². The maximum atomic E-state index is 5.86. The molecule has 1 heterocycles. The molecule has 1 aromatic heterocycles. The molecule has 0 spiro atoms. The summed E-state index contributed by atoms with van der Waals surface area (Å²) in [6, 6.07) is 7.78. The van der Waals surface area contributed by atoms with Crippen molar-refractivity contribution in [3.8, 4) is 11.5 Å². The highest BCUT2D eigenvalue weighted by molar-refractivity contribution is 5.72. The van der Waals surface area contributed by atoms with Crippen LogP contribution in [-0.2, 0) is 6.42 Å². The molecule has 4 nitrogen and oxygen atoms in total. The maximum Gasteiger partial charge on any atom is 0.200 e. The van der Waals surface area contributed by atoms with Gasteiger partial charge in [0, 0.05) is 5.56 Å². The van der Waals surface area contributed by atoms with Gasteiger partial charge in [0.25, 0.3) is 0 Å². The molecule has 2 aromatic carbocycles. The standard InChI is InChI=1S/C19H21NO3/c1-11-12(2)19(22-5)14(13(3)18(11)21-4)10-17-20-15-8-6-7-9-16(15)23-17/h6-9H,10H2,1-5H3. The number of fused-ring (bicyclic) bond motifs is 1. The highest BCUT2D eigenvalue weighted by Crippen LogP contribution is 2.38. The molecule has 3 rings (SSSR count). The van der Waals surface area contributed by atoms with Crippen LogP contribution in [0.2, 0.25) is 0 Å². The number of oxazole rings is 1. The smallest absolute Gasteiger partial charge is 0.200 e. The number of rotatable bonds is 4. The summed E-state index contributed by atoms with van der Waals surface area (Å²) >= 11 is 0. The third kappa shape index (κ3) is 2.54. The second-order valence-corrected chi connectivity index (χ2v) is 5.67. The van der Waals surface area contributed by atoms with Crippen molar-refractivity contribution in [1.29, 1.82) is 0 Å². The van der Waals surface area contributed by atoms with Gasteiger partial charge in [-0.3, -0.25) is 0 Å². The van der Waals surface area contributed by atoms with E-state index in [4.69, 9.17) is 13.9 Å². The topological polar surface area (TPSA) is 44.5 Å². The number of hydrogen-bond acceptors (Lipinski definition) is 4. The summed E-state index contributed by atoms with van der Waals surface area (Å²) in [5, 5.41) is 0. The molecule has 0 aliphatic rings. The average Bonchev–Trinajstić information content (AvgIpc) is 2.96. The van der Waals surface area contributed by atoms with Crippen LogP contribution in [-0.4, -0.2) is 19.2 Å². The SMILES string of the molecule is COc1c(C)c(C)c(OC)c(Cc2nc3ccccc3o2)c1C. The van der Waals surface area contributed by atoms with E-state index in [1.807, 2.05) is 45.0 Å². The molecule has 0 radical (unpaired) electrons. The molecule has 0 saturated heterocycles. The number of hydrogen-bond donors (Lipinski definition) is 0. The van der Waals surface area contributed by atoms with Gasteiger partial charge in [-0.1, -0.05) is 12.1 Å². The average molecular weight is 311 g/mol. The number of methoxy groups -OCH3 is 2. The van der Waals surface area contributed by atoms with Gasteiger partial charge in [-0.15, -0.1) is 0 Å². The Morgan fingerprint density at radius 2 is 1.57 bits per heavy atom. The van der Waals surface area contributed by atoms with E-state index in [9.17, 15) is 0 Å². The molecule has 4 heteroatoms. The fourth-order valence-corrected chi connectivity index (χ4v) is 3.10. The number of aromatic nitrogens is 1. The van der Waals surface area contributed by atoms with E-state index in [0.29, 0.717) is 12.3 Å². The lowest BCUT2D eigenvalue weighted by molar-refractivity contribution is 0.390. The van der Waals surface area contributed by atoms with Crippen molar-refractivity contribution in [3.63, 3.8) is 0 Å². The van der Waals surface area contributed by atoms with Crippen LogP contribution >= 0.6 is 0 Å². The van der Waals surface area contributed by atoms with Crippen molar-refractivity contribution >= 4 is 11.1 Å². The summed E-state index contributed by atoms with van der Waals surface area (Å²) in [6.07, 6.45) is 0.571. The van der Waals surface area contributed by atoms with E-state index in [1.54, 1.807) is 14.2 Å². The van der Waals surface area contributed by atoms with E-state index < -0.39 is 0 Å². The lowest BCUT2D eigenvalue weighted by Crippen LogP contribution is -2.04. The van der Waals surface area contributed by atoms with E-state index in [2.05, 4.69) is 4.98 Å². The zero-order valence-corrected chi connectivity index (χ0v) is 14.2.